The molecule has 1 fully saturated rings. The topological polar surface area (TPSA) is 62.9 Å². The smallest absolute Gasteiger partial charge is 0.207 e. The quantitative estimate of drug-likeness (QED) is 0.816. The van der Waals surface area contributed by atoms with Crippen LogP contribution in [0.2, 0.25) is 0 Å². The highest BCUT2D eigenvalue weighted by Gasteiger charge is 2.38. The zero-order chi connectivity index (χ0) is 11.7. The van der Waals surface area contributed by atoms with E-state index in [0.717, 1.165) is 17.1 Å². The van der Waals surface area contributed by atoms with Crippen LogP contribution in [0.3, 0.4) is 0 Å². The van der Waals surface area contributed by atoms with E-state index in [1.165, 1.54) is 0 Å². The van der Waals surface area contributed by atoms with Crippen LogP contribution < -0.4 is 15.2 Å². The van der Waals surface area contributed by atoms with Crippen LogP contribution in [0.15, 0.2) is 18.2 Å². The second-order valence-electron chi connectivity index (χ2n) is 4.01. The van der Waals surface area contributed by atoms with E-state index in [-0.39, 0.29) is 6.54 Å². The van der Waals surface area contributed by atoms with Gasteiger partial charge in [0.15, 0.2) is 11.5 Å². The third-order valence-corrected chi connectivity index (χ3v) is 3.00. The largest absolute Gasteiger partial charge is 0.486 e. The van der Waals surface area contributed by atoms with E-state index in [1.807, 2.05) is 18.2 Å². The Hall–Kier alpha value is -1.30. The average Bonchev–Trinajstić information content (AvgIpc) is 2.88. The van der Waals surface area contributed by atoms with Gasteiger partial charge in [0.1, 0.15) is 13.2 Å². The number of benzene rings is 1. The Morgan fingerprint density at radius 2 is 1.71 bits per heavy atom. The normalized spacial score (nSPS) is 21.5. The first-order chi connectivity index (χ1) is 8.34. The molecule has 3 rings (SSSR count). The molecule has 92 valence electrons. The minimum atomic E-state index is -0.824. The fourth-order valence-electron chi connectivity index (χ4n) is 2.14. The van der Waals surface area contributed by atoms with Crippen LogP contribution in [0.1, 0.15) is 5.56 Å². The van der Waals surface area contributed by atoms with E-state index in [9.17, 15) is 0 Å². The van der Waals surface area contributed by atoms with Crippen molar-refractivity contribution in [2.75, 3.05) is 33.0 Å². The van der Waals surface area contributed by atoms with Crippen molar-refractivity contribution in [3.63, 3.8) is 0 Å². The highest BCUT2D eigenvalue weighted by molar-refractivity contribution is 5.45. The van der Waals surface area contributed by atoms with Gasteiger partial charge in [0.25, 0.3) is 0 Å². The molecule has 0 amide bonds. The van der Waals surface area contributed by atoms with E-state index in [1.54, 1.807) is 0 Å². The van der Waals surface area contributed by atoms with Crippen molar-refractivity contribution >= 4 is 0 Å². The molecule has 0 atom stereocenters. The lowest BCUT2D eigenvalue weighted by atomic mass is 10.0. The van der Waals surface area contributed by atoms with Gasteiger partial charge in [-0.2, -0.15) is 0 Å². The number of fused-ring (bicyclic) bond motifs is 1. The fraction of sp³-hybridized carbons (Fsp3) is 0.500. The molecule has 0 saturated carbocycles. The molecule has 1 saturated heterocycles. The second kappa shape index (κ2) is 4.18. The maximum atomic E-state index is 5.75. The molecule has 0 unspecified atom stereocenters. The van der Waals surface area contributed by atoms with Gasteiger partial charge in [0.2, 0.25) is 5.79 Å². The molecular formula is C12H15NO4. The first-order valence-electron chi connectivity index (χ1n) is 5.72. The average molecular weight is 237 g/mol. The van der Waals surface area contributed by atoms with E-state index in [0.29, 0.717) is 26.4 Å². The molecular weight excluding hydrogens is 222 g/mol. The van der Waals surface area contributed by atoms with Crippen molar-refractivity contribution in [2.24, 2.45) is 5.73 Å². The second-order valence-corrected chi connectivity index (χ2v) is 4.01. The SMILES string of the molecule is NCC1(c2ccc3c(c2)OCCO3)OCCO1. The van der Waals surface area contributed by atoms with Gasteiger partial charge in [-0.3, -0.25) is 0 Å². The first kappa shape index (κ1) is 10.8. The van der Waals surface area contributed by atoms with Crippen LogP contribution >= 0.6 is 0 Å². The lowest BCUT2D eigenvalue weighted by Gasteiger charge is -2.27. The summed E-state index contributed by atoms with van der Waals surface area (Å²) in [7, 11) is 0. The number of hydrogen-bond acceptors (Lipinski definition) is 5. The van der Waals surface area contributed by atoms with Gasteiger partial charge in [-0.05, 0) is 18.2 Å². The summed E-state index contributed by atoms with van der Waals surface area (Å²) in [4.78, 5) is 0. The Balaban J connectivity index is 1.97. The van der Waals surface area contributed by atoms with Crippen molar-refractivity contribution in [3.8, 4) is 11.5 Å². The first-order valence-corrected chi connectivity index (χ1v) is 5.72. The molecule has 0 spiro atoms. The zero-order valence-electron chi connectivity index (χ0n) is 9.48. The van der Waals surface area contributed by atoms with E-state index < -0.39 is 5.79 Å². The minimum absolute atomic E-state index is 0.284. The maximum Gasteiger partial charge on any atom is 0.207 e. The van der Waals surface area contributed by atoms with E-state index >= 15 is 0 Å². The van der Waals surface area contributed by atoms with Gasteiger partial charge in [0.05, 0.1) is 19.8 Å². The molecule has 5 heteroatoms. The molecule has 0 aromatic heterocycles. The van der Waals surface area contributed by atoms with Crippen LogP contribution in [0.5, 0.6) is 11.5 Å². The van der Waals surface area contributed by atoms with Gasteiger partial charge in [-0.1, -0.05) is 0 Å². The summed E-state index contributed by atoms with van der Waals surface area (Å²) < 4.78 is 22.3. The van der Waals surface area contributed by atoms with Crippen LogP contribution in [0, 0.1) is 0 Å². The van der Waals surface area contributed by atoms with Crippen molar-refractivity contribution in [2.45, 2.75) is 5.79 Å². The van der Waals surface area contributed by atoms with Crippen LogP contribution in [0.25, 0.3) is 0 Å². The molecule has 5 nitrogen and oxygen atoms in total. The van der Waals surface area contributed by atoms with Crippen LogP contribution in [-0.4, -0.2) is 33.0 Å². The van der Waals surface area contributed by atoms with Gasteiger partial charge < -0.3 is 24.7 Å². The van der Waals surface area contributed by atoms with Crippen LogP contribution in [-0.2, 0) is 15.3 Å². The Morgan fingerprint density at radius 1 is 1.00 bits per heavy atom. The molecule has 2 heterocycles. The van der Waals surface area contributed by atoms with Gasteiger partial charge >= 0.3 is 0 Å². The van der Waals surface area contributed by atoms with Crippen molar-refractivity contribution in [3.05, 3.63) is 23.8 Å². The third kappa shape index (κ3) is 1.76. The molecule has 2 aliphatic rings. The monoisotopic (exact) mass is 237 g/mol. The Morgan fingerprint density at radius 3 is 2.41 bits per heavy atom. The molecule has 1 aromatic rings. The van der Waals surface area contributed by atoms with Crippen molar-refractivity contribution in [1.82, 2.24) is 0 Å². The highest BCUT2D eigenvalue weighted by atomic mass is 16.7. The Labute approximate surface area is 99.4 Å². The number of hydrogen-bond donors (Lipinski definition) is 1. The van der Waals surface area contributed by atoms with Crippen molar-refractivity contribution in [1.29, 1.82) is 0 Å². The minimum Gasteiger partial charge on any atom is -0.486 e. The standard InChI is InChI=1S/C12H15NO4/c13-8-12(16-5-6-17-12)9-1-2-10-11(7-9)15-4-3-14-10/h1-2,7H,3-6,8,13H2. The predicted octanol–water partition coefficient (Wildman–Crippen LogP) is 0.616. The van der Waals surface area contributed by atoms with Gasteiger partial charge in [-0.15, -0.1) is 0 Å². The van der Waals surface area contributed by atoms with E-state index in [4.69, 9.17) is 24.7 Å². The fourth-order valence-corrected chi connectivity index (χ4v) is 2.14. The molecule has 0 bridgehead atoms. The summed E-state index contributed by atoms with van der Waals surface area (Å²) in [5, 5.41) is 0. The Bertz CT molecular complexity index is 415. The summed E-state index contributed by atoms with van der Waals surface area (Å²) in [6.07, 6.45) is 0. The molecule has 0 aliphatic carbocycles. The Kier molecular flexibility index (Phi) is 2.66. The van der Waals surface area contributed by atoms with Gasteiger partial charge in [0, 0.05) is 5.56 Å². The third-order valence-electron chi connectivity index (χ3n) is 3.00. The predicted molar refractivity (Wildman–Crippen MR) is 60.1 cm³/mol. The van der Waals surface area contributed by atoms with Crippen LogP contribution in [0.4, 0.5) is 0 Å². The lowest BCUT2D eigenvalue weighted by molar-refractivity contribution is -0.157. The van der Waals surface area contributed by atoms with Crippen molar-refractivity contribution < 1.29 is 18.9 Å². The van der Waals surface area contributed by atoms with Gasteiger partial charge in [-0.25, -0.2) is 0 Å². The summed E-state index contributed by atoms with van der Waals surface area (Å²) in [5.74, 6) is 0.654. The molecule has 1 aromatic carbocycles. The summed E-state index contributed by atoms with van der Waals surface area (Å²) in [6, 6.07) is 5.66. The molecule has 2 aliphatic heterocycles. The maximum absolute atomic E-state index is 5.75. The zero-order valence-corrected chi connectivity index (χ0v) is 9.48. The number of ether oxygens (including phenoxy) is 4. The van der Waals surface area contributed by atoms with E-state index in [2.05, 4.69) is 0 Å². The molecule has 2 N–H and O–H groups in total. The molecule has 17 heavy (non-hydrogen) atoms. The summed E-state index contributed by atoms with van der Waals surface area (Å²) >= 11 is 0. The lowest BCUT2D eigenvalue weighted by Crippen LogP contribution is -2.36. The molecule has 0 radical (unpaired) electrons. The summed E-state index contributed by atoms with van der Waals surface area (Å²) in [6.45, 7) is 2.55. The number of nitrogens with two attached hydrogens (primary N) is 1. The summed E-state index contributed by atoms with van der Waals surface area (Å²) in [5.41, 5.74) is 6.63. The highest BCUT2D eigenvalue weighted by Crippen LogP contribution is 2.37. The number of rotatable bonds is 2.